The standard InChI is InChI=1S/C6H11AsNS/c1-7(2,3)6-8-4-5-9-6/h4-5H,1-3H3. The van der Waals surface area contributed by atoms with Crippen LogP contribution in [0.2, 0.25) is 17.1 Å². The minimum absolute atomic E-state index is 1.38. The molecule has 1 aromatic heterocycles. The molecule has 9 heavy (non-hydrogen) atoms. The average molecular weight is 204 g/mol. The van der Waals surface area contributed by atoms with Crippen molar-refractivity contribution in [3.8, 4) is 0 Å². The Morgan fingerprint density at radius 1 is 1.44 bits per heavy atom. The number of hydrogen-bond acceptors (Lipinski definition) is 2. The maximum absolute atomic E-state index is 4.28. The third kappa shape index (κ3) is 1.80. The predicted octanol–water partition coefficient (Wildman–Crippen LogP) is 1.69. The zero-order chi connectivity index (χ0) is 6.91. The Bertz CT molecular complexity index is 175. The van der Waals surface area contributed by atoms with Crippen molar-refractivity contribution < 1.29 is 0 Å². The molecular formula is C6H11AsNS. The molecule has 0 amide bonds. The summed E-state index contributed by atoms with van der Waals surface area (Å²) in [6.45, 7) is 0. The summed E-state index contributed by atoms with van der Waals surface area (Å²) in [6, 6.07) is 0. The summed E-state index contributed by atoms with van der Waals surface area (Å²) in [5, 5.41) is 2.06. The Balaban J connectivity index is 2.90. The van der Waals surface area contributed by atoms with Crippen LogP contribution in [0.5, 0.6) is 0 Å². The zero-order valence-corrected chi connectivity index (χ0v) is 8.65. The van der Waals surface area contributed by atoms with Gasteiger partial charge in [-0.2, -0.15) is 0 Å². The molecule has 1 nitrogen and oxygen atoms in total. The Morgan fingerprint density at radius 3 is 2.33 bits per heavy atom. The van der Waals surface area contributed by atoms with Crippen molar-refractivity contribution in [2.75, 3.05) is 0 Å². The van der Waals surface area contributed by atoms with Crippen molar-refractivity contribution in [1.29, 1.82) is 0 Å². The molecule has 0 aliphatic carbocycles. The average Bonchev–Trinajstić information content (AvgIpc) is 2.08. The van der Waals surface area contributed by atoms with Crippen molar-refractivity contribution in [3.05, 3.63) is 11.6 Å². The second kappa shape index (κ2) is 2.43. The van der Waals surface area contributed by atoms with E-state index in [-0.39, 0.29) is 0 Å². The first-order chi connectivity index (χ1) is 4.11. The van der Waals surface area contributed by atoms with Gasteiger partial charge in [-0.3, -0.25) is 0 Å². The molecule has 0 bridgehead atoms. The van der Waals surface area contributed by atoms with Crippen LogP contribution < -0.4 is 3.80 Å². The van der Waals surface area contributed by atoms with Crippen LogP contribution in [-0.2, 0) is 0 Å². The molecule has 0 fully saturated rings. The molecule has 0 atom stereocenters. The second-order valence-electron chi connectivity index (χ2n) is 2.83. The monoisotopic (exact) mass is 204 g/mol. The van der Waals surface area contributed by atoms with Crippen LogP contribution >= 0.6 is 11.3 Å². The maximum atomic E-state index is 4.28. The molecule has 1 rings (SSSR count). The van der Waals surface area contributed by atoms with Gasteiger partial charge in [0.25, 0.3) is 0 Å². The summed E-state index contributed by atoms with van der Waals surface area (Å²) in [7, 11) is 0. The summed E-state index contributed by atoms with van der Waals surface area (Å²) in [6.07, 6.45) is 1.90. The fourth-order valence-corrected chi connectivity index (χ4v) is 4.47. The van der Waals surface area contributed by atoms with Crippen LogP contribution in [0, 0.1) is 0 Å². The van der Waals surface area contributed by atoms with Crippen molar-refractivity contribution in [3.63, 3.8) is 0 Å². The zero-order valence-electron chi connectivity index (χ0n) is 5.96. The first-order valence-electron chi connectivity index (χ1n) is 2.82. The van der Waals surface area contributed by atoms with Crippen molar-refractivity contribution in [2.24, 2.45) is 0 Å². The van der Waals surface area contributed by atoms with E-state index in [1.165, 1.54) is 3.80 Å². The van der Waals surface area contributed by atoms with Gasteiger partial charge in [-0.25, -0.2) is 0 Å². The number of aromatic nitrogens is 1. The van der Waals surface area contributed by atoms with Crippen LogP contribution in [0.25, 0.3) is 0 Å². The van der Waals surface area contributed by atoms with Gasteiger partial charge in [-0.1, -0.05) is 0 Å². The number of thiazole rings is 1. The third-order valence-corrected chi connectivity index (χ3v) is 7.73. The normalized spacial score (nSPS) is 11.9. The SMILES string of the molecule is C[As](C)(C)c1nccs1. The molecule has 0 N–H and O–H groups in total. The van der Waals surface area contributed by atoms with E-state index in [1.807, 2.05) is 6.20 Å². The van der Waals surface area contributed by atoms with Crippen LogP contribution in [0.4, 0.5) is 0 Å². The first-order valence-corrected chi connectivity index (χ1v) is 10.3. The molecule has 1 heterocycles. The summed E-state index contributed by atoms with van der Waals surface area (Å²) in [5.74, 6) is 0. The molecule has 51 valence electrons. The Hall–Kier alpha value is 0.188. The topological polar surface area (TPSA) is 12.9 Å². The molecule has 0 unspecified atom stereocenters. The molecule has 0 aromatic carbocycles. The quantitative estimate of drug-likeness (QED) is 0.634. The van der Waals surface area contributed by atoms with E-state index in [9.17, 15) is 0 Å². The molecule has 0 aliphatic heterocycles. The van der Waals surface area contributed by atoms with E-state index in [4.69, 9.17) is 0 Å². The van der Waals surface area contributed by atoms with E-state index < -0.39 is 13.6 Å². The van der Waals surface area contributed by atoms with Crippen LogP contribution in [0.1, 0.15) is 0 Å². The molecular weight excluding hydrogens is 193 g/mol. The molecule has 0 saturated carbocycles. The first kappa shape index (κ1) is 7.30. The van der Waals surface area contributed by atoms with Crippen LogP contribution in [-0.4, -0.2) is 18.5 Å². The van der Waals surface area contributed by atoms with Gasteiger partial charge >= 0.3 is 62.4 Å². The van der Waals surface area contributed by atoms with Crippen molar-refractivity contribution in [1.82, 2.24) is 4.98 Å². The van der Waals surface area contributed by atoms with Gasteiger partial charge in [0.1, 0.15) is 0 Å². The molecule has 0 spiro atoms. The van der Waals surface area contributed by atoms with Crippen molar-refractivity contribution >= 4 is 28.7 Å². The fourth-order valence-electron chi connectivity index (χ4n) is 0.547. The van der Waals surface area contributed by atoms with E-state index in [0.717, 1.165) is 0 Å². The third-order valence-electron chi connectivity index (χ3n) is 0.993. The second-order valence-corrected chi connectivity index (χ2v) is 13.7. The van der Waals surface area contributed by atoms with Gasteiger partial charge in [0.15, 0.2) is 0 Å². The van der Waals surface area contributed by atoms with E-state index in [2.05, 4.69) is 27.5 Å². The molecule has 1 aromatic rings. The Morgan fingerprint density at radius 2 is 2.11 bits per heavy atom. The van der Waals surface area contributed by atoms with Gasteiger partial charge in [0.05, 0.1) is 0 Å². The van der Waals surface area contributed by atoms with Gasteiger partial charge in [-0.15, -0.1) is 0 Å². The summed E-state index contributed by atoms with van der Waals surface area (Å²) >= 11 is 0.412. The number of nitrogens with zero attached hydrogens (tertiary/aromatic N) is 1. The predicted molar refractivity (Wildman–Crippen MR) is 45.1 cm³/mol. The number of hydrogen-bond donors (Lipinski definition) is 0. The van der Waals surface area contributed by atoms with Gasteiger partial charge in [0.2, 0.25) is 0 Å². The van der Waals surface area contributed by atoms with Crippen LogP contribution in [0.3, 0.4) is 0 Å². The summed E-state index contributed by atoms with van der Waals surface area (Å²) in [4.78, 5) is 4.28. The van der Waals surface area contributed by atoms with Crippen molar-refractivity contribution in [2.45, 2.75) is 17.1 Å². The Labute approximate surface area is 62.6 Å². The van der Waals surface area contributed by atoms with E-state index >= 15 is 0 Å². The van der Waals surface area contributed by atoms with E-state index in [0.29, 0.717) is 0 Å². The minimum atomic E-state index is -1.38. The van der Waals surface area contributed by atoms with Gasteiger partial charge in [0, 0.05) is 0 Å². The van der Waals surface area contributed by atoms with Gasteiger partial charge in [-0.05, 0) is 0 Å². The van der Waals surface area contributed by atoms with E-state index in [1.54, 1.807) is 11.3 Å². The summed E-state index contributed by atoms with van der Waals surface area (Å²) in [5.41, 5.74) is 7.03. The van der Waals surface area contributed by atoms with Gasteiger partial charge < -0.3 is 0 Å². The number of rotatable bonds is 1. The molecule has 3 heteroatoms. The fraction of sp³-hybridized carbons (Fsp3) is 0.500. The Kier molecular flexibility index (Phi) is 1.97. The summed E-state index contributed by atoms with van der Waals surface area (Å²) < 4.78 is 1.38. The molecule has 0 aliphatic rings. The molecule has 1 radical (unpaired) electrons. The molecule has 0 saturated heterocycles. The van der Waals surface area contributed by atoms with Crippen LogP contribution in [0.15, 0.2) is 11.6 Å².